The molecule has 0 N–H and O–H groups in total. The first-order valence-electron chi connectivity index (χ1n) is 10.0. The van der Waals surface area contributed by atoms with E-state index >= 15 is 4.39 Å². The maximum absolute atomic E-state index is 15.1. The van der Waals surface area contributed by atoms with Gasteiger partial charge < -0.3 is 0 Å². The van der Waals surface area contributed by atoms with Crippen molar-refractivity contribution in [1.82, 2.24) is 0 Å². The number of benzene rings is 4. The van der Waals surface area contributed by atoms with Gasteiger partial charge in [-0.05, 0) is 59.3 Å². The van der Waals surface area contributed by atoms with Crippen LogP contribution in [0.3, 0.4) is 0 Å². The predicted octanol–water partition coefficient (Wildman–Crippen LogP) is 6.87. The van der Waals surface area contributed by atoms with E-state index in [-0.39, 0.29) is 5.82 Å². The second-order valence-corrected chi connectivity index (χ2v) is 7.25. The van der Waals surface area contributed by atoms with Gasteiger partial charge in [-0.25, -0.2) is 4.39 Å². The molecule has 0 aromatic heterocycles. The van der Waals surface area contributed by atoms with Crippen LogP contribution in [0.2, 0.25) is 0 Å². The van der Waals surface area contributed by atoms with Crippen molar-refractivity contribution in [1.29, 1.82) is 5.26 Å². The molecule has 2 heteroatoms. The summed E-state index contributed by atoms with van der Waals surface area (Å²) in [4.78, 5) is 0. The molecule has 0 saturated heterocycles. The number of hydrogen-bond donors (Lipinski definition) is 0. The van der Waals surface area contributed by atoms with Crippen molar-refractivity contribution in [2.45, 2.75) is 19.8 Å². The molecule has 144 valence electrons. The van der Waals surface area contributed by atoms with Gasteiger partial charge in [0.05, 0.1) is 11.6 Å². The van der Waals surface area contributed by atoms with Crippen molar-refractivity contribution in [3.63, 3.8) is 0 Å². The largest absolute Gasteiger partial charge is 0.206 e. The van der Waals surface area contributed by atoms with Crippen LogP contribution in [0.4, 0.5) is 4.39 Å². The fourth-order valence-corrected chi connectivity index (χ4v) is 3.50. The van der Waals surface area contributed by atoms with Crippen LogP contribution in [-0.2, 0) is 6.42 Å². The maximum Gasteiger partial charge on any atom is 0.138 e. The number of halogens is 1. The number of hydrogen-bond acceptors (Lipinski definition) is 1. The first-order valence-corrected chi connectivity index (χ1v) is 10.0. The van der Waals surface area contributed by atoms with E-state index in [1.165, 1.54) is 5.56 Å². The summed E-state index contributed by atoms with van der Waals surface area (Å²) < 4.78 is 15.1. The molecule has 0 bridgehead atoms. The van der Waals surface area contributed by atoms with E-state index in [1.54, 1.807) is 36.4 Å². The zero-order valence-corrected chi connectivity index (χ0v) is 16.7. The van der Waals surface area contributed by atoms with Crippen LogP contribution in [-0.4, -0.2) is 0 Å². The van der Waals surface area contributed by atoms with Crippen molar-refractivity contribution in [2.75, 3.05) is 0 Å². The third kappa shape index (κ3) is 4.09. The first-order chi connectivity index (χ1) is 14.7. The average Bonchev–Trinajstić information content (AvgIpc) is 2.79. The Morgan fingerprint density at radius 1 is 0.767 bits per heavy atom. The molecule has 0 atom stereocenters. The fourth-order valence-electron chi connectivity index (χ4n) is 3.50. The molecule has 0 aliphatic carbocycles. The summed E-state index contributed by atoms with van der Waals surface area (Å²) in [6, 6.07) is 26.6. The molecule has 0 amide bonds. The topological polar surface area (TPSA) is 23.8 Å². The molecule has 0 aliphatic rings. The highest BCUT2D eigenvalue weighted by Crippen LogP contribution is 2.29. The Bertz CT molecular complexity index is 1300. The SMILES string of the molecule is CCCc1ccc(C#Cc2ccc3c(F)c(-c4ccc(C#N)cc4)ccc3c2)cc1. The number of rotatable bonds is 3. The third-order valence-electron chi connectivity index (χ3n) is 5.12. The molecule has 0 heterocycles. The van der Waals surface area contributed by atoms with Crippen LogP contribution < -0.4 is 0 Å². The van der Waals surface area contributed by atoms with Crippen LogP contribution in [0.25, 0.3) is 21.9 Å². The number of fused-ring (bicyclic) bond motifs is 1. The van der Waals surface area contributed by atoms with Gasteiger partial charge in [-0.2, -0.15) is 5.26 Å². The van der Waals surface area contributed by atoms with Crippen molar-refractivity contribution in [3.8, 4) is 29.0 Å². The summed E-state index contributed by atoms with van der Waals surface area (Å²) >= 11 is 0. The quantitative estimate of drug-likeness (QED) is 0.351. The van der Waals surface area contributed by atoms with E-state index in [4.69, 9.17) is 5.26 Å². The van der Waals surface area contributed by atoms with Crippen LogP contribution in [0.5, 0.6) is 0 Å². The van der Waals surface area contributed by atoms with Gasteiger partial charge in [-0.1, -0.05) is 67.6 Å². The Morgan fingerprint density at radius 3 is 2.13 bits per heavy atom. The van der Waals surface area contributed by atoms with Gasteiger partial charge in [-0.3, -0.25) is 0 Å². The summed E-state index contributed by atoms with van der Waals surface area (Å²) in [7, 11) is 0. The number of nitriles is 1. The lowest BCUT2D eigenvalue weighted by atomic mass is 9.98. The van der Waals surface area contributed by atoms with E-state index in [1.807, 2.05) is 30.3 Å². The van der Waals surface area contributed by atoms with Gasteiger partial charge in [-0.15, -0.1) is 0 Å². The van der Waals surface area contributed by atoms with Crippen LogP contribution >= 0.6 is 0 Å². The van der Waals surface area contributed by atoms with Gasteiger partial charge in [0.1, 0.15) is 5.82 Å². The van der Waals surface area contributed by atoms with Crippen LogP contribution in [0, 0.1) is 29.0 Å². The third-order valence-corrected chi connectivity index (χ3v) is 5.12. The monoisotopic (exact) mass is 389 g/mol. The minimum absolute atomic E-state index is 0.261. The lowest BCUT2D eigenvalue weighted by molar-refractivity contribution is 0.643. The zero-order chi connectivity index (χ0) is 20.9. The minimum Gasteiger partial charge on any atom is -0.206 e. The van der Waals surface area contributed by atoms with Crippen LogP contribution in [0.15, 0.2) is 78.9 Å². The predicted molar refractivity (Wildman–Crippen MR) is 120 cm³/mol. The summed E-state index contributed by atoms with van der Waals surface area (Å²) in [5, 5.41) is 10.3. The Hall–Kier alpha value is -3.88. The fraction of sp³-hybridized carbons (Fsp3) is 0.107. The highest BCUT2D eigenvalue weighted by molar-refractivity contribution is 5.89. The molecule has 4 rings (SSSR count). The van der Waals surface area contributed by atoms with E-state index in [2.05, 4.69) is 37.0 Å². The smallest absolute Gasteiger partial charge is 0.138 e. The molecular weight excluding hydrogens is 369 g/mol. The van der Waals surface area contributed by atoms with Crippen molar-refractivity contribution in [3.05, 3.63) is 107 Å². The molecule has 4 aromatic carbocycles. The summed E-state index contributed by atoms with van der Waals surface area (Å²) in [5.41, 5.74) is 4.98. The Balaban J connectivity index is 1.63. The molecule has 4 aromatic rings. The van der Waals surface area contributed by atoms with Gasteiger partial charge in [0.25, 0.3) is 0 Å². The standard InChI is InChI=1S/C28H20FN/c1-2-3-20-4-6-21(7-5-20)8-9-22-12-16-27-25(18-22)15-17-26(28(27)29)24-13-10-23(19-30)11-14-24/h4-7,10-18H,2-3H2,1H3. The van der Waals surface area contributed by atoms with Gasteiger partial charge >= 0.3 is 0 Å². The Kier molecular flexibility index (Phi) is 5.60. The number of nitrogens with zero attached hydrogens (tertiary/aromatic N) is 1. The lowest BCUT2D eigenvalue weighted by Gasteiger charge is -2.07. The molecule has 30 heavy (non-hydrogen) atoms. The number of aryl methyl sites for hydroxylation is 1. The molecule has 0 spiro atoms. The summed E-state index contributed by atoms with van der Waals surface area (Å²) in [6.45, 7) is 2.17. The molecular formula is C28H20FN. The summed E-state index contributed by atoms with van der Waals surface area (Å²) in [5.74, 6) is 6.11. The van der Waals surface area contributed by atoms with Gasteiger partial charge in [0, 0.05) is 22.1 Å². The van der Waals surface area contributed by atoms with E-state index in [0.717, 1.165) is 34.9 Å². The Morgan fingerprint density at radius 2 is 1.43 bits per heavy atom. The highest BCUT2D eigenvalue weighted by Gasteiger charge is 2.10. The lowest BCUT2D eigenvalue weighted by Crippen LogP contribution is -1.88. The van der Waals surface area contributed by atoms with Crippen molar-refractivity contribution < 1.29 is 4.39 Å². The first kappa shape index (κ1) is 19.4. The molecule has 1 nitrogen and oxygen atoms in total. The highest BCUT2D eigenvalue weighted by atomic mass is 19.1. The van der Waals surface area contributed by atoms with Gasteiger partial charge in [0.15, 0.2) is 0 Å². The molecule has 0 aliphatic heterocycles. The molecule has 0 saturated carbocycles. The van der Waals surface area contributed by atoms with E-state index in [0.29, 0.717) is 16.5 Å². The zero-order valence-electron chi connectivity index (χ0n) is 16.7. The molecule has 0 radical (unpaired) electrons. The second kappa shape index (κ2) is 8.64. The van der Waals surface area contributed by atoms with Gasteiger partial charge in [0.2, 0.25) is 0 Å². The average molecular weight is 389 g/mol. The van der Waals surface area contributed by atoms with Crippen molar-refractivity contribution in [2.24, 2.45) is 0 Å². The summed E-state index contributed by atoms with van der Waals surface area (Å²) in [6.07, 6.45) is 2.21. The van der Waals surface area contributed by atoms with E-state index < -0.39 is 0 Å². The van der Waals surface area contributed by atoms with E-state index in [9.17, 15) is 0 Å². The minimum atomic E-state index is -0.261. The van der Waals surface area contributed by atoms with Crippen LogP contribution in [0.1, 0.15) is 35.6 Å². The normalized spacial score (nSPS) is 10.3. The molecule has 0 unspecified atom stereocenters. The molecule has 0 fully saturated rings. The Labute approximate surface area is 176 Å². The second-order valence-electron chi connectivity index (χ2n) is 7.25. The van der Waals surface area contributed by atoms with Crippen molar-refractivity contribution >= 4 is 10.8 Å². The maximum atomic E-state index is 15.1.